The van der Waals surface area contributed by atoms with Crippen molar-refractivity contribution in [3.05, 3.63) is 29.8 Å². The Morgan fingerprint density at radius 3 is 2.33 bits per heavy atom. The zero-order chi connectivity index (χ0) is 16.9. The number of ether oxygens (including phenoxy) is 3. The first kappa shape index (κ1) is 23.1. The van der Waals surface area contributed by atoms with Crippen molar-refractivity contribution in [2.45, 2.75) is 45.9 Å². The monoisotopic (exact) mass is 361 g/mol. The zero-order valence-electron chi connectivity index (χ0n) is 15.0. The number of hydrogen-bond acceptors (Lipinski definition) is 5. The number of rotatable bonds is 13. The summed E-state index contributed by atoms with van der Waals surface area (Å²) in [5.41, 5.74) is 1.09. The normalized spacial score (nSPS) is 12.0. The van der Waals surface area contributed by atoms with Crippen molar-refractivity contribution in [3.8, 4) is 5.75 Å². The van der Waals surface area contributed by atoms with Crippen LogP contribution < -0.4 is 10.1 Å². The molecule has 140 valence electrons. The van der Waals surface area contributed by atoms with Gasteiger partial charge in [0.15, 0.2) is 0 Å². The summed E-state index contributed by atoms with van der Waals surface area (Å²) in [5.74, 6) is 0.753. The molecule has 0 saturated heterocycles. The van der Waals surface area contributed by atoms with Crippen LogP contribution in [0, 0.1) is 0 Å². The topological polar surface area (TPSA) is 60.0 Å². The zero-order valence-corrected chi connectivity index (χ0v) is 15.8. The molecule has 6 heteroatoms. The van der Waals surface area contributed by atoms with Crippen LogP contribution in [0.5, 0.6) is 5.75 Å². The molecule has 1 unspecified atom stereocenters. The SMILES string of the molecule is CCCOCCOCc1ccc(OCC(O)CNC(C)C)cc1.Cl. The van der Waals surface area contributed by atoms with Gasteiger partial charge >= 0.3 is 0 Å². The van der Waals surface area contributed by atoms with Crippen LogP contribution in [0.15, 0.2) is 24.3 Å². The Hall–Kier alpha value is -0.850. The highest BCUT2D eigenvalue weighted by molar-refractivity contribution is 5.85. The van der Waals surface area contributed by atoms with Crippen molar-refractivity contribution in [3.63, 3.8) is 0 Å². The molecule has 2 N–H and O–H groups in total. The van der Waals surface area contributed by atoms with Gasteiger partial charge in [-0.1, -0.05) is 32.9 Å². The number of aliphatic hydroxyl groups excluding tert-OH is 1. The second-order valence-electron chi connectivity index (χ2n) is 5.84. The molecule has 0 bridgehead atoms. The second-order valence-corrected chi connectivity index (χ2v) is 5.84. The molecule has 1 aromatic rings. The van der Waals surface area contributed by atoms with Crippen LogP contribution in [-0.4, -0.2) is 50.2 Å². The van der Waals surface area contributed by atoms with Crippen LogP contribution in [0.4, 0.5) is 0 Å². The Bertz CT molecular complexity index is 401. The summed E-state index contributed by atoms with van der Waals surface area (Å²) in [6.07, 6.45) is 0.521. The van der Waals surface area contributed by atoms with Gasteiger partial charge in [-0.05, 0) is 24.1 Å². The minimum Gasteiger partial charge on any atom is -0.491 e. The van der Waals surface area contributed by atoms with Crippen LogP contribution in [0.3, 0.4) is 0 Å². The molecule has 0 radical (unpaired) electrons. The van der Waals surface area contributed by atoms with Gasteiger partial charge in [0.2, 0.25) is 0 Å². The Kier molecular flexibility index (Phi) is 14.0. The predicted octanol–water partition coefficient (Wildman–Crippen LogP) is 2.79. The predicted molar refractivity (Wildman–Crippen MR) is 99.1 cm³/mol. The van der Waals surface area contributed by atoms with Crippen molar-refractivity contribution in [2.75, 3.05) is 33.0 Å². The molecule has 0 fully saturated rings. The summed E-state index contributed by atoms with van der Waals surface area (Å²) < 4.78 is 16.5. The fourth-order valence-electron chi connectivity index (χ4n) is 1.86. The fraction of sp³-hybridized carbons (Fsp3) is 0.667. The molecule has 0 aliphatic carbocycles. The lowest BCUT2D eigenvalue weighted by atomic mass is 10.2. The molecule has 0 spiro atoms. The lowest BCUT2D eigenvalue weighted by Gasteiger charge is -2.15. The summed E-state index contributed by atoms with van der Waals surface area (Å²) in [6.45, 7) is 9.59. The number of hydrogen-bond donors (Lipinski definition) is 2. The third-order valence-corrected chi connectivity index (χ3v) is 3.12. The summed E-state index contributed by atoms with van der Waals surface area (Å²) in [5, 5.41) is 13.0. The van der Waals surface area contributed by atoms with Gasteiger partial charge in [-0.25, -0.2) is 0 Å². The number of nitrogens with one attached hydrogen (secondary N) is 1. The Morgan fingerprint density at radius 1 is 1.04 bits per heavy atom. The minimum atomic E-state index is -0.511. The first-order valence-electron chi connectivity index (χ1n) is 8.40. The Morgan fingerprint density at radius 2 is 1.71 bits per heavy atom. The highest BCUT2D eigenvalue weighted by atomic mass is 35.5. The smallest absolute Gasteiger partial charge is 0.119 e. The first-order valence-corrected chi connectivity index (χ1v) is 8.40. The lowest BCUT2D eigenvalue weighted by Crippen LogP contribution is -2.35. The van der Waals surface area contributed by atoms with Gasteiger partial charge in [-0.3, -0.25) is 0 Å². The molecule has 5 nitrogen and oxygen atoms in total. The van der Waals surface area contributed by atoms with Crippen molar-refractivity contribution in [2.24, 2.45) is 0 Å². The summed E-state index contributed by atoms with van der Waals surface area (Å²) >= 11 is 0. The van der Waals surface area contributed by atoms with Crippen LogP contribution in [0.1, 0.15) is 32.8 Å². The van der Waals surface area contributed by atoms with E-state index in [9.17, 15) is 5.11 Å². The van der Waals surface area contributed by atoms with Gasteiger partial charge in [0.1, 0.15) is 18.5 Å². The molecule has 0 amide bonds. The van der Waals surface area contributed by atoms with Crippen molar-refractivity contribution in [1.82, 2.24) is 5.32 Å². The molecule has 1 rings (SSSR count). The highest BCUT2D eigenvalue weighted by Crippen LogP contribution is 2.13. The second kappa shape index (κ2) is 14.5. The van der Waals surface area contributed by atoms with Crippen molar-refractivity contribution >= 4 is 12.4 Å². The van der Waals surface area contributed by atoms with Crippen molar-refractivity contribution < 1.29 is 19.3 Å². The highest BCUT2D eigenvalue weighted by Gasteiger charge is 2.06. The standard InChI is InChI=1S/C18H31NO4.ClH/c1-4-9-21-10-11-22-13-16-5-7-18(8-6-16)23-14-17(20)12-19-15(2)3;/h5-8,15,17,19-20H,4,9-14H2,1-3H3;1H. The van der Waals surface area contributed by atoms with E-state index in [-0.39, 0.29) is 19.0 Å². The van der Waals surface area contributed by atoms with E-state index in [1.807, 2.05) is 38.1 Å². The minimum absolute atomic E-state index is 0. The number of benzene rings is 1. The van der Waals surface area contributed by atoms with Gasteiger partial charge in [0.25, 0.3) is 0 Å². The Balaban J connectivity index is 0.00000529. The van der Waals surface area contributed by atoms with Crippen molar-refractivity contribution in [1.29, 1.82) is 0 Å². The van der Waals surface area contributed by atoms with Gasteiger partial charge in [-0.2, -0.15) is 0 Å². The van der Waals surface area contributed by atoms with Crippen LogP contribution in [0.2, 0.25) is 0 Å². The van der Waals surface area contributed by atoms with E-state index in [2.05, 4.69) is 12.2 Å². The Labute approximate surface area is 152 Å². The van der Waals surface area contributed by atoms with Gasteiger partial charge in [0.05, 0.1) is 19.8 Å². The molecule has 24 heavy (non-hydrogen) atoms. The first-order chi connectivity index (χ1) is 11.1. The maximum atomic E-state index is 9.80. The van der Waals surface area contributed by atoms with Gasteiger partial charge < -0.3 is 24.6 Å². The molecule has 1 atom stereocenters. The molecular formula is C18H32ClNO4. The average molecular weight is 362 g/mol. The van der Waals surface area contributed by atoms with Gasteiger partial charge in [-0.15, -0.1) is 12.4 Å². The summed E-state index contributed by atoms with van der Waals surface area (Å²) in [7, 11) is 0. The molecule has 0 heterocycles. The molecular weight excluding hydrogens is 330 g/mol. The van der Waals surface area contributed by atoms with E-state index in [4.69, 9.17) is 14.2 Å². The third-order valence-electron chi connectivity index (χ3n) is 3.12. The van der Waals surface area contributed by atoms with E-state index in [1.165, 1.54) is 0 Å². The van der Waals surface area contributed by atoms with E-state index in [0.717, 1.165) is 24.3 Å². The van der Waals surface area contributed by atoms with E-state index >= 15 is 0 Å². The number of halogens is 1. The summed E-state index contributed by atoms with van der Waals surface area (Å²) in [4.78, 5) is 0. The molecule has 0 saturated carbocycles. The van der Waals surface area contributed by atoms with E-state index in [1.54, 1.807) is 0 Å². The van der Waals surface area contributed by atoms with Crippen LogP contribution in [-0.2, 0) is 16.1 Å². The molecule has 0 aliphatic rings. The van der Waals surface area contributed by atoms with Gasteiger partial charge in [0, 0.05) is 19.2 Å². The fourth-order valence-corrected chi connectivity index (χ4v) is 1.86. The maximum absolute atomic E-state index is 9.80. The molecule has 0 aliphatic heterocycles. The molecule has 0 aromatic heterocycles. The maximum Gasteiger partial charge on any atom is 0.119 e. The number of aliphatic hydroxyl groups is 1. The third kappa shape index (κ3) is 11.6. The largest absolute Gasteiger partial charge is 0.491 e. The molecule has 1 aromatic carbocycles. The van der Waals surface area contributed by atoms with E-state index < -0.39 is 6.10 Å². The average Bonchev–Trinajstić information content (AvgIpc) is 2.55. The summed E-state index contributed by atoms with van der Waals surface area (Å²) in [6, 6.07) is 8.10. The lowest BCUT2D eigenvalue weighted by molar-refractivity contribution is 0.0408. The van der Waals surface area contributed by atoms with E-state index in [0.29, 0.717) is 32.4 Å². The van der Waals surface area contributed by atoms with Crippen LogP contribution >= 0.6 is 12.4 Å². The quantitative estimate of drug-likeness (QED) is 0.529. The van der Waals surface area contributed by atoms with Crippen LogP contribution in [0.25, 0.3) is 0 Å².